The smallest absolute Gasteiger partial charge is 0.136 e. The Kier molecular flexibility index (Phi) is 3.37. The van der Waals surface area contributed by atoms with Crippen LogP contribution in [0.15, 0.2) is 34.9 Å². The van der Waals surface area contributed by atoms with Crippen molar-refractivity contribution in [1.29, 1.82) is 0 Å². The molecule has 2 aromatic rings. The van der Waals surface area contributed by atoms with Crippen LogP contribution in [0, 0.1) is 0 Å². The molecule has 0 aliphatic heterocycles. The van der Waals surface area contributed by atoms with E-state index >= 15 is 0 Å². The van der Waals surface area contributed by atoms with Crippen LogP contribution >= 0.6 is 0 Å². The SMILES string of the molecule is CN[C@H](C=O)CCc1ccc2ccoc2c1. The van der Waals surface area contributed by atoms with Crippen molar-refractivity contribution in [1.82, 2.24) is 5.32 Å². The fourth-order valence-corrected chi connectivity index (χ4v) is 1.76. The summed E-state index contributed by atoms with van der Waals surface area (Å²) in [4.78, 5) is 10.6. The number of aryl methyl sites for hydroxylation is 1. The van der Waals surface area contributed by atoms with Crippen molar-refractivity contribution in [3.8, 4) is 0 Å². The number of carbonyl (C=O) groups is 1. The van der Waals surface area contributed by atoms with Gasteiger partial charge in [-0.1, -0.05) is 12.1 Å². The van der Waals surface area contributed by atoms with Crippen LogP contribution in [-0.4, -0.2) is 19.4 Å². The van der Waals surface area contributed by atoms with E-state index in [1.807, 2.05) is 18.2 Å². The second kappa shape index (κ2) is 4.94. The number of hydrogen-bond acceptors (Lipinski definition) is 3. The van der Waals surface area contributed by atoms with Gasteiger partial charge in [-0.3, -0.25) is 0 Å². The van der Waals surface area contributed by atoms with Gasteiger partial charge in [0.1, 0.15) is 11.9 Å². The number of benzene rings is 1. The first-order chi connectivity index (χ1) is 7.83. The number of fused-ring (bicyclic) bond motifs is 1. The maximum absolute atomic E-state index is 10.6. The second-order valence-corrected chi connectivity index (χ2v) is 3.86. The first-order valence-corrected chi connectivity index (χ1v) is 5.42. The molecule has 0 unspecified atom stereocenters. The van der Waals surface area contributed by atoms with E-state index in [4.69, 9.17) is 4.42 Å². The minimum absolute atomic E-state index is 0.0627. The van der Waals surface area contributed by atoms with E-state index in [1.165, 1.54) is 5.56 Å². The first-order valence-electron chi connectivity index (χ1n) is 5.42. The number of likely N-dealkylation sites (N-methyl/N-ethyl adjacent to an activating group) is 1. The molecule has 1 heterocycles. The minimum atomic E-state index is -0.0627. The molecule has 1 aromatic carbocycles. The molecule has 0 amide bonds. The van der Waals surface area contributed by atoms with Crippen molar-refractivity contribution in [2.75, 3.05) is 7.05 Å². The third-order valence-corrected chi connectivity index (χ3v) is 2.80. The van der Waals surface area contributed by atoms with Gasteiger partial charge in [-0.25, -0.2) is 0 Å². The molecule has 2 rings (SSSR count). The van der Waals surface area contributed by atoms with Gasteiger partial charge in [0.05, 0.1) is 12.3 Å². The summed E-state index contributed by atoms with van der Waals surface area (Å²) in [5.41, 5.74) is 2.11. The van der Waals surface area contributed by atoms with Gasteiger partial charge in [0.25, 0.3) is 0 Å². The number of aldehydes is 1. The summed E-state index contributed by atoms with van der Waals surface area (Å²) in [5, 5.41) is 4.08. The Morgan fingerprint density at radius 2 is 2.31 bits per heavy atom. The van der Waals surface area contributed by atoms with Crippen LogP contribution in [0.4, 0.5) is 0 Å². The number of rotatable bonds is 5. The highest BCUT2D eigenvalue weighted by Gasteiger charge is 2.05. The zero-order chi connectivity index (χ0) is 11.4. The van der Waals surface area contributed by atoms with Crippen molar-refractivity contribution in [3.63, 3.8) is 0 Å². The number of hydrogen-bond donors (Lipinski definition) is 1. The monoisotopic (exact) mass is 217 g/mol. The molecule has 0 saturated heterocycles. The average molecular weight is 217 g/mol. The van der Waals surface area contributed by atoms with Crippen molar-refractivity contribution >= 4 is 17.3 Å². The fraction of sp³-hybridized carbons (Fsp3) is 0.308. The number of carbonyl (C=O) groups excluding carboxylic acids is 1. The van der Waals surface area contributed by atoms with Crippen molar-refractivity contribution < 1.29 is 9.21 Å². The lowest BCUT2D eigenvalue weighted by molar-refractivity contribution is -0.109. The molecule has 1 aromatic heterocycles. The second-order valence-electron chi connectivity index (χ2n) is 3.86. The Hall–Kier alpha value is -1.61. The lowest BCUT2D eigenvalue weighted by Gasteiger charge is -2.08. The molecule has 0 aliphatic rings. The molecule has 3 heteroatoms. The van der Waals surface area contributed by atoms with Gasteiger partial charge in [0.2, 0.25) is 0 Å². The molecular formula is C13H15NO2. The highest BCUT2D eigenvalue weighted by Crippen LogP contribution is 2.17. The summed E-state index contributed by atoms with van der Waals surface area (Å²) >= 11 is 0. The number of nitrogens with one attached hydrogen (secondary N) is 1. The Morgan fingerprint density at radius 1 is 1.44 bits per heavy atom. The van der Waals surface area contributed by atoms with E-state index in [0.717, 1.165) is 30.1 Å². The summed E-state index contributed by atoms with van der Waals surface area (Å²) in [6.45, 7) is 0. The highest BCUT2D eigenvalue weighted by molar-refractivity contribution is 5.77. The zero-order valence-electron chi connectivity index (χ0n) is 9.27. The van der Waals surface area contributed by atoms with Crippen LogP contribution in [0.5, 0.6) is 0 Å². The van der Waals surface area contributed by atoms with Crippen molar-refractivity contribution in [2.24, 2.45) is 0 Å². The molecule has 0 fully saturated rings. The van der Waals surface area contributed by atoms with E-state index in [1.54, 1.807) is 13.3 Å². The van der Waals surface area contributed by atoms with Gasteiger partial charge < -0.3 is 14.5 Å². The molecule has 0 aliphatic carbocycles. The molecule has 16 heavy (non-hydrogen) atoms. The van der Waals surface area contributed by atoms with E-state index in [2.05, 4.69) is 11.4 Å². The standard InChI is InChI=1S/C13H15NO2/c1-14-12(9-15)5-3-10-2-4-11-6-7-16-13(11)8-10/h2,4,6-9,12,14H,3,5H2,1H3/t12-/m0/s1. The van der Waals surface area contributed by atoms with Gasteiger partial charge in [-0.05, 0) is 37.6 Å². The zero-order valence-corrected chi connectivity index (χ0v) is 9.27. The summed E-state index contributed by atoms with van der Waals surface area (Å²) in [6.07, 6.45) is 4.33. The molecule has 0 spiro atoms. The van der Waals surface area contributed by atoms with Gasteiger partial charge in [-0.2, -0.15) is 0 Å². The molecule has 0 bridgehead atoms. The van der Waals surface area contributed by atoms with Crippen LogP contribution < -0.4 is 5.32 Å². The predicted octanol–water partition coefficient (Wildman–Crippen LogP) is 2.15. The van der Waals surface area contributed by atoms with Crippen molar-refractivity contribution in [3.05, 3.63) is 36.1 Å². The maximum Gasteiger partial charge on any atom is 0.136 e. The molecular weight excluding hydrogens is 202 g/mol. The molecule has 1 atom stereocenters. The third-order valence-electron chi connectivity index (χ3n) is 2.80. The first kappa shape index (κ1) is 10.9. The van der Waals surface area contributed by atoms with Crippen LogP contribution in [0.25, 0.3) is 11.0 Å². The highest BCUT2D eigenvalue weighted by atomic mass is 16.3. The fourth-order valence-electron chi connectivity index (χ4n) is 1.76. The summed E-state index contributed by atoms with van der Waals surface area (Å²) in [5.74, 6) is 0. The Morgan fingerprint density at radius 3 is 3.06 bits per heavy atom. The minimum Gasteiger partial charge on any atom is -0.464 e. The van der Waals surface area contributed by atoms with E-state index in [9.17, 15) is 4.79 Å². The molecule has 3 nitrogen and oxygen atoms in total. The Bertz CT molecular complexity index is 475. The van der Waals surface area contributed by atoms with Crippen LogP contribution in [0.3, 0.4) is 0 Å². The quantitative estimate of drug-likeness (QED) is 0.780. The topological polar surface area (TPSA) is 42.2 Å². The van der Waals surface area contributed by atoms with Gasteiger partial charge in [0.15, 0.2) is 0 Å². The van der Waals surface area contributed by atoms with E-state index in [0.29, 0.717) is 0 Å². The normalized spacial score (nSPS) is 12.8. The van der Waals surface area contributed by atoms with Gasteiger partial charge in [-0.15, -0.1) is 0 Å². The summed E-state index contributed by atoms with van der Waals surface area (Å²) in [6, 6.07) is 8.04. The lowest BCUT2D eigenvalue weighted by Crippen LogP contribution is -2.26. The largest absolute Gasteiger partial charge is 0.464 e. The maximum atomic E-state index is 10.6. The Balaban J connectivity index is 2.06. The van der Waals surface area contributed by atoms with Crippen LogP contribution in [-0.2, 0) is 11.2 Å². The van der Waals surface area contributed by atoms with E-state index < -0.39 is 0 Å². The predicted molar refractivity (Wildman–Crippen MR) is 63.4 cm³/mol. The van der Waals surface area contributed by atoms with Gasteiger partial charge in [0, 0.05) is 5.39 Å². The van der Waals surface area contributed by atoms with Crippen LogP contribution in [0.1, 0.15) is 12.0 Å². The summed E-state index contributed by atoms with van der Waals surface area (Å²) < 4.78 is 5.33. The summed E-state index contributed by atoms with van der Waals surface area (Å²) in [7, 11) is 1.80. The molecule has 84 valence electrons. The molecule has 0 saturated carbocycles. The molecule has 1 N–H and O–H groups in total. The molecule has 0 radical (unpaired) electrons. The average Bonchev–Trinajstić information content (AvgIpc) is 2.77. The van der Waals surface area contributed by atoms with Crippen LogP contribution in [0.2, 0.25) is 0 Å². The van der Waals surface area contributed by atoms with Gasteiger partial charge >= 0.3 is 0 Å². The number of furan rings is 1. The van der Waals surface area contributed by atoms with E-state index in [-0.39, 0.29) is 6.04 Å². The van der Waals surface area contributed by atoms with Crippen molar-refractivity contribution in [2.45, 2.75) is 18.9 Å². The third kappa shape index (κ3) is 2.31. The Labute approximate surface area is 94.4 Å². The lowest BCUT2D eigenvalue weighted by atomic mass is 10.1.